The second-order valence-corrected chi connectivity index (χ2v) is 15.5. The summed E-state index contributed by atoms with van der Waals surface area (Å²) in [5.41, 5.74) is 2.72. The molecular formula is C32H50O2. The molecular weight excluding hydrogens is 416 g/mol. The number of hydrogen-bond donors (Lipinski definition) is 0. The molecule has 0 radical (unpaired) electrons. The first kappa shape index (κ1) is 24.8. The largest absolute Gasteiger partial charge is 0.303 e. The Bertz CT molecular complexity index is 925. The van der Waals surface area contributed by atoms with Gasteiger partial charge in [0.2, 0.25) is 0 Å². The Balaban J connectivity index is 1.59. The van der Waals surface area contributed by atoms with Crippen molar-refractivity contribution in [3.05, 3.63) is 11.6 Å². The number of allylic oxidation sites excluding steroid dienone is 2. The van der Waals surface area contributed by atoms with Crippen LogP contribution in [0.2, 0.25) is 0 Å². The number of ketones is 1. The molecule has 0 spiro atoms. The Morgan fingerprint density at radius 2 is 1.56 bits per heavy atom. The van der Waals surface area contributed by atoms with Gasteiger partial charge in [-0.25, -0.2) is 0 Å². The molecule has 5 rings (SSSR count). The van der Waals surface area contributed by atoms with E-state index >= 15 is 0 Å². The highest BCUT2D eigenvalue weighted by Gasteiger charge is 2.68. The van der Waals surface area contributed by atoms with Crippen molar-refractivity contribution in [3.63, 3.8) is 0 Å². The summed E-state index contributed by atoms with van der Waals surface area (Å²) >= 11 is 0. The summed E-state index contributed by atoms with van der Waals surface area (Å²) in [6.07, 6.45) is 15.5. The van der Waals surface area contributed by atoms with Crippen molar-refractivity contribution in [1.29, 1.82) is 0 Å². The number of aldehydes is 1. The van der Waals surface area contributed by atoms with Crippen LogP contribution in [0.15, 0.2) is 11.6 Å². The van der Waals surface area contributed by atoms with E-state index in [9.17, 15) is 9.59 Å². The van der Waals surface area contributed by atoms with Gasteiger partial charge in [-0.2, -0.15) is 0 Å². The fraction of sp³-hybridized carbons (Fsp3) is 0.875. The maximum Gasteiger partial charge on any atom is 0.136 e. The molecule has 0 N–H and O–H groups in total. The molecule has 0 aromatic rings. The van der Waals surface area contributed by atoms with Crippen molar-refractivity contribution in [2.24, 2.45) is 56.2 Å². The summed E-state index contributed by atoms with van der Waals surface area (Å²) in [6.45, 7) is 19.3. The first-order valence-corrected chi connectivity index (χ1v) is 14.3. The number of carbonyl (C=O) groups excluding carboxylic acids is 2. The highest BCUT2D eigenvalue weighted by molar-refractivity contribution is 5.84. The van der Waals surface area contributed by atoms with Gasteiger partial charge < -0.3 is 4.79 Å². The molecule has 0 aromatic heterocycles. The predicted octanol–water partition coefficient (Wildman–Crippen LogP) is 8.19. The molecule has 0 unspecified atom stereocenters. The fourth-order valence-electron chi connectivity index (χ4n) is 11.1. The average molecular weight is 467 g/mol. The van der Waals surface area contributed by atoms with Gasteiger partial charge >= 0.3 is 0 Å². The second-order valence-electron chi connectivity index (χ2n) is 15.5. The van der Waals surface area contributed by atoms with Crippen LogP contribution in [0.1, 0.15) is 120 Å². The second kappa shape index (κ2) is 7.32. The van der Waals surface area contributed by atoms with E-state index in [1.165, 1.54) is 51.2 Å². The van der Waals surface area contributed by atoms with E-state index in [0.717, 1.165) is 19.3 Å². The van der Waals surface area contributed by atoms with Gasteiger partial charge in [0.15, 0.2) is 0 Å². The number of Topliss-reactive ketones (excluding diaryl/α,β-unsaturated/α-hetero) is 1. The third-order valence-corrected chi connectivity index (χ3v) is 13.6. The Morgan fingerprint density at radius 1 is 0.882 bits per heavy atom. The van der Waals surface area contributed by atoms with Crippen molar-refractivity contribution in [3.8, 4) is 0 Å². The van der Waals surface area contributed by atoms with Crippen LogP contribution in [0.5, 0.6) is 0 Å². The van der Waals surface area contributed by atoms with Crippen LogP contribution >= 0.6 is 0 Å². The SMILES string of the molecule is CC(=O)[C@]12CCC(C)(C)C[C@H]1C1=CC[C@@H]3[C@@]4(C)CC[C@H](C=O)C(C)(C)[C@@H]4CC[C@@]3(C)[C@]1(C)CC2. The van der Waals surface area contributed by atoms with E-state index in [1.54, 1.807) is 5.57 Å². The zero-order valence-corrected chi connectivity index (χ0v) is 23.4. The third kappa shape index (κ3) is 2.92. The molecule has 8 atom stereocenters. The molecule has 4 saturated carbocycles. The van der Waals surface area contributed by atoms with Gasteiger partial charge in [0.25, 0.3) is 0 Å². The van der Waals surface area contributed by atoms with Crippen LogP contribution in [0.25, 0.3) is 0 Å². The molecule has 4 fully saturated rings. The minimum atomic E-state index is -0.116. The highest BCUT2D eigenvalue weighted by atomic mass is 16.1. The Morgan fingerprint density at radius 3 is 2.21 bits per heavy atom. The minimum absolute atomic E-state index is 0.0880. The fourth-order valence-corrected chi connectivity index (χ4v) is 11.1. The van der Waals surface area contributed by atoms with E-state index in [-0.39, 0.29) is 27.6 Å². The van der Waals surface area contributed by atoms with Crippen LogP contribution in [0.4, 0.5) is 0 Å². The molecule has 34 heavy (non-hydrogen) atoms. The van der Waals surface area contributed by atoms with Gasteiger partial charge in [-0.1, -0.05) is 60.1 Å². The van der Waals surface area contributed by atoms with Crippen LogP contribution in [-0.4, -0.2) is 12.1 Å². The maximum absolute atomic E-state index is 13.2. The number of hydrogen-bond acceptors (Lipinski definition) is 2. The Labute approximate surface area is 209 Å². The van der Waals surface area contributed by atoms with E-state index in [0.29, 0.717) is 34.4 Å². The zero-order chi connectivity index (χ0) is 24.9. The summed E-state index contributed by atoms with van der Waals surface area (Å²) in [7, 11) is 0. The molecule has 0 aromatic carbocycles. The lowest BCUT2D eigenvalue weighted by molar-refractivity contribution is -0.191. The zero-order valence-electron chi connectivity index (χ0n) is 23.4. The van der Waals surface area contributed by atoms with Gasteiger partial charge in [-0.15, -0.1) is 0 Å². The van der Waals surface area contributed by atoms with Gasteiger partial charge in [-0.3, -0.25) is 4.79 Å². The molecule has 0 aliphatic heterocycles. The van der Waals surface area contributed by atoms with Crippen molar-refractivity contribution in [1.82, 2.24) is 0 Å². The van der Waals surface area contributed by atoms with Gasteiger partial charge in [0.1, 0.15) is 12.1 Å². The lowest BCUT2D eigenvalue weighted by Gasteiger charge is -2.71. The topological polar surface area (TPSA) is 34.1 Å². The van der Waals surface area contributed by atoms with Crippen LogP contribution in [0, 0.1) is 56.2 Å². The number of fused-ring (bicyclic) bond motifs is 7. The van der Waals surface area contributed by atoms with E-state index in [2.05, 4.69) is 54.5 Å². The van der Waals surface area contributed by atoms with Crippen molar-refractivity contribution in [2.75, 3.05) is 0 Å². The van der Waals surface area contributed by atoms with Crippen LogP contribution in [-0.2, 0) is 9.59 Å². The van der Waals surface area contributed by atoms with Crippen LogP contribution in [0.3, 0.4) is 0 Å². The van der Waals surface area contributed by atoms with E-state index < -0.39 is 0 Å². The van der Waals surface area contributed by atoms with Gasteiger partial charge in [-0.05, 0) is 116 Å². The summed E-state index contributed by atoms with van der Waals surface area (Å²) in [5.74, 6) is 2.37. The third-order valence-electron chi connectivity index (χ3n) is 13.6. The number of rotatable bonds is 2. The average Bonchev–Trinajstić information content (AvgIpc) is 2.73. The van der Waals surface area contributed by atoms with Crippen molar-refractivity contribution >= 4 is 12.1 Å². The standard InChI is InChI=1S/C32H50O2/c1-21(34)32-17-15-27(2,3)19-24(32)23-9-10-26-29(6)13-11-22(20-33)28(4,5)25(29)12-14-31(26,8)30(23,7)16-18-32/h9,20,22,24-26H,10-19H2,1-8H3/t22-,24+,25+,26-,29+,30-,31-,32-/m1/s1. The van der Waals surface area contributed by atoms with E-state index in [1.807, 2.05) is 6.92 Å². The molecule has 2 heteroatoms. The maximum atomic E-state index is 13.2. The molecule has 0 bridgehead atoms. The Hall–Kier alpha value is -0.920. The van der Waals surface area contributed by atoms with Gasteiger partial charge in [0.05, 0.1) is 0 Å². The summed E-state index contributed by atoms with van der Waals surface area (Å²) in [6, 6.07) is 0. The van der Waals surface area contributed by atoms with E-state index in [4.69, 9.17) is 0 Å². The summed E-state index contributed by atoms with van der Waals surface area (Å²) < 4.78 is 0. The number of carbonyl (C=O) groups is 2. The quantitative estimate of drug-likeness (QED) is 0.303. The Kier molecular flexibility index (Phi) is 5.33. The lowest BCUT2D eigenvalue weighted by Crippen LogP contribution is -2.64. The van der Waals surface area contributed by atoms with Crippen molar-refractivity contribution < 1.29 is 9.59 Å². The molecule has 5 aliphatic carbocycles. The normalized spacial score (nSPS) is 51.1. The first-order valence-electron chi connectivity index (χ1n) is 14.3. The first-order chi connectivity index (χ1) is 15.7. The monoisotopic (exact) mass is 466 g/mol. The summed E-state index contributed by atoms with van der Waals surface area (Å²) in [4.78, 5) is 25.2. The van der Waals surface area contributed by atoms with Crippen LogP contribution < -0.4 is 0 Å². The molecule has 2 nitrogen and oxygen atoms in total. The molecule has 0 saturated heterocycles. The molecule has 190 valence electrons. The smallest absolute Gasteiger partial charge is 0.136 e. The molecule has 0 amide bonds. The molecule has 0 heterocycles. The predicted molar refractivity (Wildman–Crippen MR) is 139 cm³/mol. The lowest BCUT2D eigenvalue weighted by atomic mass is 9.33. The summed E-state index contributed by atoms with van der Waals surface area (Å²) in [5, 5.41) is 0. The van der Waals surface area contributed by atoms with Crippen molar-refractivity contribution in [2.45, 2.75) is 120 Å². The molecule has 5 aliphatic rings. The minimum Gasteiger partial charge on any atom is -0.303 e. The van der Waals surface area contributed by atoms with Gasteiger partial charge in [0, 0.05) is 11.3 Å². The highest BCUT2D eigenvalue weighted by Crippen LogP contribution is 2.76.